The maximum absolute atomic E-state index is 10.8. The molecule has 2 aromatic rings. The van der Waals surface area contributed by atoms with Crippen molar-refractivity contribution in [2.45, 2.75) is 13.5 Å². The summed E-state index contributed by atoms with van der Waals surface area (Å²) in [6, 6.07) is 9.35. The van der Waals surface area contributed by atoms with Crippen LogP contribution in [0.3, 0.4) is 0 Å². The largest absolute Gasteiger partial charge is 0.487 e. The molecule has 0 aliphatic heterocycles. The van der Waals surface area contributed by atoms with E-state index in [0.717, 1.165) is 11.1 Å². The summed E-state index contributed by atoms with van der Waals surface area (Å²) in [5, 5.41) is 8.84. The smallest absolute Gasteiger partial charge is 0.337 e. The predicted molar refractivity (Wildman–Crippen MR) is 66.7 cm³/mol. The summed E-state index contributed by atoms with van der Waals surface area (Å²) < 4.78 is 5.54. The van der Waals surface area contributed by atoms with Gasteiger partial charge < -0.3 is 9.84 Å². The number of rotatable bonds is 4. The number of nitrogens with zero attached hydrogens (tertiary/aromatic N) is 1. The molecule has 1 aromatic carbocycles. The third-order valence-electron chi connectivity index (χ3n) is 2.62. The molecule has 0 amide bonds. The van der Waals surface area contributed by atoms with Crippen LogP contribution in [-0.4, -0.2) is 16.1 Å². The van der Waals surface area contributed by atoms with Crippen LogP contribution >= 0.6 is 0 Å². The van der Waals surface area contributed by atoms with Gasteiger partial charge in [-0.1, -0.05) is 24.3 Å². The van der Waals surface area contributed by atoms with Crippen molar-refractivity contribution in [3.8, 4) is 5.75 Å². The SMILES string of the molecule is Cc1ccccc1COc1cncc(C(=O)O)c1. The Morgan fingerprint density at radius 2 is 2.11 bits per heavy atom. The standard InChI is InChI=1S/C14H13NO3/c1-10-4-2-3-5-11(10)9-18-13-6-12(14(16)17)7-15-8-13/h2-8H,9H2,1H3,(H,16,17). The monoisotopic (exact) mass is 243 g/mol. The minimum absolute atomic E-state index is 0.122. The van der Waals surface area contributed by atoms with E-state index in [1.807, 2.05) is 31.2 Å². The van der Waals surface area contributed by atoms with Crippen molar-refractivity contribution >= 4 is 5.97 Å². The molecule has 1 aromatic heterocycles. The zero-order valence-electron chi connectivity index (χ0n) is 9.96. The number of hydrogen-bond donors (Lipinski definition) is 1. The lowest BCUT2D eigenvalue weighted by Gasteiger charge is -2.08. The van der Waals surface area contributed by atoms with Gasteiger partial charge in [0.15, 0.2) is 0 Å². The molecule has 0 fully saturated rings. The van der Waals surface area contributed by atoms with Crippen molar-refractivity contribution in [3.05, 3.63) is 59.4 Å². The van der Waals surface area contributed by atoms with Gasteiger partial charge in [0.05, 0.1) is 11.8 Å². The molecular formula is C14H13NO3. The summed E-state index contributed by atoms with van der Waals surface area (Å²) >= 11 is 0. The van der Waals surface area contributed by atoms with E-state index in [-0.39, 0.29) is 5.56 Å². The maximum atomic E-state index is 10.8. The molecule has 0 spiro atoms. The van der Waals surface area contributed by atoms with E-state index in [9.17, 15) is 4.79 Å². The summed E-state index contributed by atoms with van der Waals surface area (Å²) in [4.78, 5) is 14.6. The van der Waals surface area contributed by atoms with Crippen LogP contribution in [0.1, 0.15) is 21.5 Å². The van der Waals surface area contributed by atoms with Crippen molar-refractivity contribution in [1.29, 1.82) is 0 Å². The topological polar surface area (TPSA) is 59.4 Å². The van der Waals surface area contributed by atoms with E-state index in [1.54, 1.807) is 0 Å². The van der Waals surface area contributed by atoms with Crippen molar-refractivity contribution in [1.82, 2.24) is 4.98 Å². The number of aromatic carboxylic acids is 1. The van der Waals surface area contributed by atoms with Gasteiger partial charge in [-0.2, -0.15) is 0 Å². The zero-order chi connectivity index (χ0) is 13.0. The van der Waals surface area contributed by atoms with Crippen LogP contribution in [0.25, 0.3) is 0 Å². The van der Waals surface area contributed by atoms with Gasteiger partial charge in [-0.25, -0.2) is 4.79 Å². The molecule has 1 N–H and O–H groups in total. The molecule has 0 aliphatic carbocycles. The van der Waals surface area contributed by atoms with Gasteiger partial charge in [0.25, 0.3) is 0 Å². The van der Waals surface area contributed by atoms with Crippen LogP contribution in [0, 0.1) is 6.92 Å². The highest BCUT2D eigenvalue weighted by Crippen LogP contribution is 2.15. The molecule has 4 nitrogen and oxygen atoms in total. The average Bonchev–Trinajstić information content (AvgIpc) is 2.38. The first-order chi connectivity index (χ1) is 8.66. The minimum atomic E-state index is -1.01. The molecule has 4 heteroatoms. The van der Waals surface area contributed by atoms with Crippen LogP contribution in [0.2, 0.25) is 0 Å². The summed E-state index contributed by atoms with van der Waals surface area (Å²) in [6.45, 7) is 2.40. The quantitative estimate of drug-likeness (QED) is 0.896. The summed E-state index contributed by atoms with van der Waals surface area (Å²) in [5.41, 5.74) is 2.33. The Balaban J connectivity index is 2.09. The molecule has 0 saturated heterocycles. The van der Waals surface area contributed by atoms with Crippen molar-refractivity contribution < 1.29 is 14.6 Å². The summed E-state index contributed by atoms with van der Waals surface area (Å²) in [5.74, 6) is -0.554. The van der Waals surface area contributed by atoms with Gasteiger partial charge in [-0.15, -0.1) is 0 Å². The van der Waals surface area contributed by atoms with Gasteiger partial charge in [-0.05, 0) is 24.1 Å². The van der Waals surface area contributed by atoms with E-state index in [4.69, 9.17) is 9.84 Å². The van der Waals surface area contributed by atoms with Gasteiger partial charge in [0.2, 0.25) is 0 Å². The lowest BCUT2D eigenvalue weighted by Crippen LogP contribution is -2.01. The van der Waals surface area contributed by atoms with Crippen LogP contribution < -0.4 is 4.74 Å². The van der Waals surface area contributed by atoms with Crippen LogP contribution in [0.5, 0.6) is 5.75 Å². The minimum Gasteiger partial charge on any atom is -0.487 e. The highest BCUT2D eigenvalue weighted by atomic mass is 16.5. The predicted octanol–water partition coefficient (Wildman–Crippen LogP) is 2.67. The van der Waals surface area contributed by atoms with Crippen molar-refractivity contribution in [2.24, 2.45) is 0 Å². The Kier molecular flexibility index (Phi) is 3.57. The van der Waals surface area contributed by atoms with Crippen molar-refractivity contribution in [2.75, 3.05) is 0 Å². The van der Waals surface area contributed by atoms with Crippen LogP contribution in [-0.2, 0) is 6.61 Å². The molecule has 18 heavy (non-hydrogen) atoms. The van der Waals surface area contributed by atoms with Gasteiger partial charge in [0, 0.05) is 6.20 Å². The van der Waals surface area contributed by atoms with E-state index in [2.05, 4.69) is 4.98 Å². The lowest BCUT2D eigenvalue weighted by atomic mass is 10.1. The Bertz CT molecular complexity index is 566. The average molecular weight is 243 g/mol. The molecule has 0 radical (unpaired) electrons. The number of hydrogen-bond acceptors (Lipinski definition) is 3. The molecule has 0 bridgehead atoms. The highest BCUT2D eigenvalue weighted by molar-refractivity contribution is 5.87. The molecule has 0 atom stereocenters. The van der Waals surface area contributed by atoms with E-state index < -0.39 is 5.97 Å². The fourth-order valence-electron chi connectivity index (χ4n) is 1.55. The van der Waals surface area contributed by atoms with Crippen LogP contribution in [0.15, 0.2) is 42.7 Å². The fourth-order valence-corrected chi connectivity index (χ4v) is 1.55. The number of ether oxygens (including phenoxy) is 1. The zero-order valence-corrected chi connectivity index (χ0v) is 9.96. The molecule has 1 heterocycles. The second kappa shape index (κ2) is 5.31. The second-order valence-electron chi connectivity index (χ2n) is 3.93. The highest BCUT2D eigenvalue weighted by Gasteiger charge is 2.05. The van der Waals surface area contributed by atoms with Gasteiger partial charge >= 0.3 is 5.97 Å². The Labute approximate surface area is 105 Å². The first-order valence-corrected chi connectivity index (χ1v) is 5.52. The Morgan fingerprint density at radius 3 is 2.83 bits per heavy atom. The molecule has 0 saturated carbocycles. The summed E-state index contributed by atoms with van der Waals surface area (Å²) in [7, 11) is 0. The molecule has 92 valence electrons. The first-order valence-electron chi connectivity index (χ1n) is 5.52. The number of aryl methyl sites for hydroxylation is 1. The second-order valence-corrected chi connectivity index (χ2v) is 3.93. The molecule has 2 rings (SSSR count). The normalized spacial score (nSPS) is 10.1. The van der Waals surface area contributed by atoms with E-state index >= 15 is 0 Å². The van der Waals surface area contributed by atoms with E-state index in [0.29, 0.717) is 12.4 Å². The number of pyridine rings is 1. The Morgan fingerprint density at radius 1 is 1.33 bits per heavy atom. The third-order valence-corrected chi connectivity index (χ3v) is 2.62. The summed E-state index contributed by atoms with van der Waals surface area (Å²) in [6.07, 6.45) is 2.80. The molecular weight excluding hydrogens is 230 g/mol. The van der Waals surface area contributed by atoms with Gasteiger partial charge in [0.1, 0.15) is 12.4 Å². The van der Waals surface area contributed by atoms with Crippen molar-refractivity contribution in [3.63, 3.8) is 0 Å². The maximum Gasteiger partial charge on any atom is 0.337 e. The number of benzene rings is 1. The lowest BCUT2D eigenvalue weighted by molar-refractivity contribution is 0.0696. The number of carboxylic acids is 1. The fraction of sp³-hybridized carbons (Fsp3) is 0.143. The molecule has 0 unspecified atom stereocenters. The number of aromatic nitrogens is 1. The van der Waals surface area contributed by atoms with E-state index in [1.165, 1.54) is 18.5 Å². The Hall–Kier alpha value is -2.36. The third kappa shape index (κ3) is 2.85. The van der Waals surface area contributed by atoms with Gasteiger partial charge in [-0.3, -0.25) is 4.98 Å². The first kappa shape index (κ1) is 12.1. The van der Waals surface area contributed by atoms with Crippen LogP contribution in [0.4, 0.5) is 0 Å². The number of carbonyl (C=O) groups is 1. The number of carboxylic acid groups (broad SMARTS) is 1. The molecule has 0 aliphatic rings.